The zero-order chi connectivity index (χ0) is 22.0. The lowest BCUT2D eigenvalue weighted by atomic mass is 10.0. The number of rotatable bonds is 14. The van der Waals surface area contributed by atoms with E-state index in [4.69, 9.17) is 4.42 Å². The number of hydrogen-bond acceptors (Lipinski definition) is 1. The van der Waals surface area contributed by atoms with Crippen molar-refractivity contribution in [3.63, 3.8) is 0 Å². The minimum atomic E-state index is 0.986. The van der Waals surface area contributed by atoms with Crippen molar-refractivity contribution >= 4 is 0 Å². The van der Waals surface area contributed by atoms with Crippen LogP contribution in [0.15, 0.2) is 69.6 Å². The van der Waals surface area contributed by atoms with Gasteiger partial charge in [0.15, 0.2) is 0 Å². The van der Waals surface area contributed by atoms with E-state index in [9.17, 15) is 0 Å². The Morgan fingerprint density at radius 2 is 1.27 bits per heavy atom. The molecule has 0 saturated carbocycles. The highest BCUT2D eigenvalue weighted by Gasteiger charge is 1.96. The molecule has 0 unspecified atom stereocenters. The van der Waals surface area contributed by atoms with Gasteiger partial charge in [0, 0.05) is 6.42 Å². The maximum absolute atomic E-state index is 5.12. The summed E-state index contributed by atoms with van der Waals surface area (Å²) in [6, 6.07) is 2.05. The van der Waals surface area contributed by atoms with Crippen LogP contribution in [0, 0.1) is 11.8 Å². The molecule has 164 valence electrons. The molecule has 0 radical (unpaired) electrons. The van der Waals surface area contributed by atoms with Crippen LogP contribution in [-0.2, 0) is 6.42 Å². The average molecular weight is 407 g/mol. The summed E-state index contributed by atoms with van der Waals surface area (Å²) in [6.45, 7) is 10.9. The Balaban J connectivity index is 2.18. The maximum atomic E-state index is 5.12. The molecular weight excluding hydrogens is 364 g/mol. The lowest BCUT2D eigenvalue weighted by molar-refractivity contribution is 0.564. The highest BCUT2D eigenvalue weighted by atomic mass is 16.3. The second-order valence-electron chi connectivity index (χ2n) is 8.41. The van der Waals surface area contributed by atoms with Gasteiger partial charge in [-0.05, 0) is 104 Å². The Labute approximate surface area is 186 Å². The predicted octanol–water partition coefficient (Wildman–Crippen LogP) is 9.14. The highest BCUT2D eigenvalue weighted by molar-refractivity contribution is 5.10. The van der Waals surface area contributed by atoms with Gasteiger partial charge in [0.05, 0.1) is 12.5 Å². The Kier molecular flexibility index (Phi) is 14.3. The van der Waals surface area contributed by atoms with Crippen LogP contribution in [0.4, 0.5) is 0 Å². The van der Waals surface area contributed by atoms with Crippen molar-refractivity contribution < 1.29 is 4.42 Å². The summed E-state index contributed by atoms with van der Waals surface area (Å²) in [7, 11) is 0. The Bertz CT molecular complexity index is 757. The SMILES string of the molecule is CC#CCC/C(C)=C/CC/C(C)=C/CC/C(C)=C/CC/C(C)=C/CCc1ccoc1. The van der Waals surface area contributed by atoms with Crippen LogP contribution in [-0.4, -0.2) is 0 Å². The molecule has 1 heteroatoms. The Hall–Kier alpha value is -2.20. The van der Waals surface area contributed by atoms with E-state index in [0.717, 1.165) is 51.4 Å². The van der Waals surface area contributed by atoms with Crippen LogP contribution in [0.5, 0.6) is 0 Å². The van der Waals surface area contributed by atoms with Gasteiger partial charge in [0.25, 0.3) is 0 Å². The third-order valence-corrected chi connectivity index (χ3v) is 5.42. The molecule has 1 aromatic heterocycles. The molecule has 0 bridgehead atoms. The molecule has 0 saturated heterocycles. The molecule has 0 aromatic carbocycles. The van der Waals surface area contributed by atoms with E-state index in [1.807, 2.05) is 19.3 Å². The highest BCUT2D eigenvalue weighted by Crippen LogP contribution is 2.15. The van der Waals surface area contributed by atoms with Crippen LogP contribution in [0.1, 0.15) is 98.0 Å². The first kappa shape index (κ1) is 25.8. The zero-order valence-corrected chi connectivity index (χ0v) is 20.0. The predicted molar refractivity (Wildman–Crippen MR) is 132 cm³/mol. The lowest BCUT2D eigenvalue weighted by Gasteiger charge is -2.03. The van der Waals surface area contributed by atoms with E-state index in [2.05, 4.69) is 63.8 Å². The topological polar surface area (TPSA) is 13.1 Å². The zero-order valence-electron chi connectivity index (χ0n) is 20.0. The van der Waals surface area contributed by atoms with E-state index >= 15 is 0 Å². The largest absolute Gasteiger partial charge is 0.472 e. The van der Waals surface area contributed by atoms with Crippen LogP contribution in [0.25, 0.3) is 0 Å². The van der Waals surface area contributed by atoms with Gasteiger partial charge in [-0.15, -0.1) is 11.8 Å². The molecule has 0 aliphatic rings. The fourth-order valence-corrected chi connectivity index (χ4v) is 3.35. The number of hydrogen-bond donors (Lipinski definition) is 0. The van der Waals surface area contributed by atoms with Crippen LogP contribution < -0.4 is 0 Å². The molecule has 0 amide bonds. The molecule has 30 heavy (non-hydrogen) atoms. The molecule has 1 rings (SSSR count). The summed E-state index contributed by atoms with van der Waals surface area (Å²) >= 11 is 0. The fourth-order valence-electron chi connectivity index (χ4n) is 3.35. The monoisotopic (exact) mass is 406 g/mol. The van der Waals surface area contributed by atoms with E-state index < -0.39 is 0 Å². The second kappa shape index (κ2) is 16.6. The Morgan fingerprint density at radius 1 is 0.767 bits per heavy atom. The van der Waals surface area contributed by atoms with Crippen molar-refractivity contribution in [2.75, 3.05) is 0 Å². The van der Waals surface area contributed by atoms with Gasteiger partial charge in [0.2, 0.25) is 0 Å². The van der Waals surface area contributed by atoms with Gasteiger partial charge in [-0.25, -0.2) is 0 Å². The van der Waals surface area contributed by atoms with Gasteiger partial charge < -0.3 is 4.42 Å². The van der Waals surface area contributed by atoms with Gasteiger partial charge >= 0.3 is 0 Å². The van der Waals surface area contributed by atoms with E-state index in [1.54, 1.807) is 6.26 Å². The lowest BCUT2D eigenvalue weighted by Crippen LogP contribution is -1.84. The van der Waals surface area contributed by atoms with E-state index in [1.165, 1.54) is 40.7 Å². The standard InChI is InChI=1S/C29H42O/c1-6-7-8-13-25(2)14-9-15-26(3)16-10-17-27(4)18-11-19-28(5)20-12-21-29-22-23-30-24-29/h14,16,18,20,22-24H,8-13,15,17,19,21H2,1-5H3/b25-14+,26-16+,27-18+,28-20+. The number of allylic oxidation sites excluding steroid dienone is 8. The van der Waals surface area contributed by atoms with E-state index in [-0.39, 0.29) is 0 Å². The molecule has 1 nitrogen and oxygen atoms in total. The molecule has 0 N–H and O–H groups in total. The van der Waals surface area contributed by atoms with Crippen LogP contribution >= 0.6 is 0 Å². The molecule has 0 atom stereocenters. The average Bonchev–Trinajstić information content (AvgIpc) is 3.22. The normalized spacial score (nSPS) is 13.4. The number of aryl methyl sites for hydroxylation is 1. The first-order chi connectivity index (χ1) is 14.5. The first-order valence-electron chi connectivity index (χ1n) is 11.5. The summed E-state index contributed by atoms with van der Waals surface area (Å²) in [5, 5.41) is 0. The van der Waals surface area contributed by atoms with Crippen molar-refractivity contribution in [2.45, 2.75) is 98.8 Å². The molecule has 0 aliphatic heterocycles. The number of furan rings is 1. The van der Waals surface area contributed by atoms with Gasteiger partial charge in [-0.1, -0.05) is 46.6 Å². The first-order valence-corrected chi connectivity index (χ1v) is 11.5. The van der Waals surface area contributed by atoms with Gasteiger partial charge in [0.1, 0.15) is 0 Å². The van der Waals surface area contributed by atoms with Crippen LogP contribution in [0.2, 0.25) is 0 Å². The minimum Gasteiger partial charge on any atom is -0.472 e. The van der Waals surface area contributed by atoms with Gasteiger partial charge in [-0.2, -0.15) is 0 Å². The second-order valence-corrected chi connectivity index (χ2v) is 8.41. The molecule has 1 aromatic rings. The molecule has 1 heterocycles. The Morgan fingerprint density at radius 3 is 1.73 bits per heavy atom. The van der Waals surface area contributed by atoms with E-state index in [0.29, 0.717) is 0 Å². The van der Waals surface area contributed by atoms with Crippen molar-refractivity contribution in [3.8, 4) is 11.8 Å². The van der Waals surface area contributed by atoms with Crippen molar-refractivity contribution in [3.05, 3.63) is 70.8 Å². The van der Waals surface area contributed by atoms with Crippen LogP contribution in [0.3, 0.4) is 0 Å². The molecule has 0 spiro atoms. The summed E-state index contributed by atoms with van der Waals surface area (Å²) in [4.78, 5) is 0. The summed E-state index contributed by atoms with van der Waals surface area (Å²) < 4.78 is 5.12. The van der Waals surface area contributed by atoms with Crippen molar-refractivity contribution in [1.82, 2.24) is 0 Å². The maximum Gasteiger partial charge on any atom is 0.0934 e. The van der Waals surface area contributed by atoms with Crippen molar-refractivity contribution in [1.29, 1.82) is 0 Å². The van der Waals surface area contributed by atoms with Crippen molar-refractivity contribution in [2.24, 2.45) is 0 Å². The van der Waals surface area contributed by atoms with Gasteiger partial charge in [-0.3, -0.25) is 0 Å². The summed E-state index contributed by atoms with van der Waals surface area (Å²) in [5.41, 5.74) is 7.26. The summed E-state index contributed by atoms with van der Waals surface area (Å²) in [6.07, 6.45) is 24.4. The fraction of sp³-hybridized carbons (Fsp3) is 0.517. The molecule has 0 fully saturated rings. The third kappa shape index (κ3) is 13.9. The quantitative estimate of drug-likeness (QED) is 0.222. The summed E-state index contributed by atoms with van der Waals surface area (Å²) in [5.74, 6) is 6.10. The molecular formula is C29H42O. The minimum absolute atomic E-state index is 0.986. The molecule has 0 aliphatic carbocycles. The smallest absolute Gasteiger partial charge is 0.0934 e. The third-order valence-electron chi connectivity index (χ3n) is 5.42.